The van der Waals surface area contributed by atoms with Gasteiger partial charge in [0.1, 0.15) is 0 Å². The van der Waals surface area contributed by atoms with Crippen LogP contribution in [0, 0.1) is 5.92 Å². The second-order valence-electron chi connectivity index (χ2n) is 5.64. The standard InChI is InChI=1S/C14H30N2/c1-5-7-13(15)14(6-2)16-9-8-11(3)10-12(16)4/h11-14H,5-10,15H2,1-4H3. The van der Waals surface area contributed by atoms with E-state index in [1.165, 1.54) is 32.2 Å². The van der Waals surface area contributed by atoms with Crippen LogP contribution in [0.4, 0.5) is 0 Å². The van der Waals surface area contributed by atoms with Crippen LogP contribution in [-0.4, -0.2) is 29.6 Å². The Morgan fingerprint density at radius 2 is 2.00 bits per heavy atom. The summed E-state index contributed by atoms with van der Waals surface area (Å²) in [6.45, 7) is 10.5. The first-order chi connectivity index (χ1) is 7.60. The van der Waals surface area contributed by atoms with Crippen LogP contribution in [0.25, 0.3) is 0 Å². The molecule has 0 aromatic heterocycles. The summed E-state index contributed by atoms with van der Waals surface area (Å²) < 4.78 is 0. The molecule has 0 aliphatic carbocycles. The highest BCUT2D eigenvalue weighted by Gasteiger charge is 2.30. The van der Waals surface area contributed by atoms with Crippen molar-refractivity contribution in [1.29, 1.82) is 0 Å². The second kappa shape index (κ2) is 6.61. The predicted octanol–water partition coefficient (Wildman–Crippen LogP) is 3.01. The van der Waals surface area contributed by atoms with Crippen LogP contribution in [0.3, 0.4) is 0 Å². The Bertz CT molecular complexity index is 189. The van der Waals surface area contributed by atoms with Crippen LogP contribution in [0.5, 0.6) is 0 Å². The normalized spacial score (nSPS) is 31.3. The topological polar surface area (TPSA) is 29.3 Å². The molecule has 1 heterocycles. The van der Waals surface area contributed by atoms with E-state index in [1.54, 1.807) is 0 Å². The van der Waals surface area contributed by atoms with Crippen LogP contribution in [0.1, 0.15) is 59.8 Å². The summed E-state index contributed by atoms with van der Waals surface area (Å²) in [5.41, 5.74) is 6.33. The highest BCUT2D eigenvalue weighted by molar-refractivity contribution is 4.87. The van der Waals surface area contributed by atoms with E-state index in [0.29, 0.717) is 12.1 Å². The average molecular weight is 226 g/mol. The van der Waals surface area contributed by atoms with Gasteiger partial charge >= 0.3 is 0 Å². The maximum absolute atomic E-state index is 6.33. The van der Waals surface area contributed by atoms with Crippen molar-refractivity contribution in [1.82, 2.24) is 4.90 Å². The average Bonchev–Trinajstić information content (AvgIpc) is 2.22. The molecule has 1 fully saturated rings. The maximum atomic E-state index is 6.33. The van der Waals surface area contributed by atoms with Gasteiger partial charge in [0, 0.05) is 18.1 Å². The van der Waals surface area contributed by atoms with E-state index in [9.17, 15) is 0 Å². The van der Waals surface area contributed by atoms with Crippen molar-refractivity contribution < 1.29 is 0 Å². The van der Waals surface area contributed by atoms with Crippen molar-refractivity contribution in [2.75, 3.05) is 6.54 Å². The highest BCUT2D eigenvalue weighted by Crippen LogP contribution is 2.26. The third-order valence-electron chi connectivity index (χ3n) is 4.15. The fraction of sp³-hybridized carbons (Fsp3) is 1.00. The molecule has 1 saturated heterocycles. The van der Waals surface area contributed by atoms with E-state index in [4.69, 9.17) is 5.73 Å². The smallest absolute Gasteiger partial charge is 0.0247 e. The first kappa shape index (κ1) is 14.0. The number of nitrogens with two attached hydrogens (primary N) is 1. The van der Waals surface area contributed by atoms with Gasteiger partial charge in [-0.05, 0) is 45.1 Å². The SMILES string of the molecule is CCCC(N)C(CC)N1CCC(C)CC1C. The second-order valence-corrected chi connectivity index (χ2v) is 5.64. The largest absolute Gasteiger partial charge is 0.326 e. The number of rotatable bonds is 5. The van der Waals surface area contributed by atoms with Crippen LogP contribution >= 0.6 is 0 Å². The molecule has 0 spiro atoms. The van der Waals surface area contributed by atoms with E-state index in [0.717, 1.165) is 18.4 Å². The molecular weight excluding hydrogens is 196 g/mol. The van der Waals surface area contributed by atoms with Gasteiger partial charge in [0.15, 0.2) is 0 Å². The molecule has 0 aromatic carbocycles. The summed E-state index contributed by atoms with van der Waals surface area (Å²) in [7, 11) is 0. The van der Waals surface area contributed by atoms with E-state index in [-0.39, 0.29) is 0 Å². The summed E-state index contributed by atoms with van der Waals surface area (Å²) in [6, 6.07) is 1.69. The van der Waals surface area contributed by atoms with Crippen LogP contribution in [-0.2, 0) is 0 Å². The molecule has 0 bridgehead atoms. The lowest BCUT2D eigenvalue weighted by Gasteiger charge is -2.43. The third-order valence-corrected chi connectivity index (χ3v) is 4.15. The van der Waals surface area contributed by atoms with E-state index < -0.39 is 0 Å². The van der Waals surface area contributed by atoms with Crippen molar-refractivity contribution in [2.24, 2.45) is 11.7 Å². The van der Waals surface area contributed by atoms with Crippen LogP contribution in [0.15, 0.2) is 0 Å². The predicted molar refractivity (Wildman–Crippen MR) is 71.5 cm³/mol. The lowest BCUT2D eigenvalue weighted by atomic mass is 9.89. The number of nitrogens with zero attached hydrogens (tertiary/aromatic N) is 1. The zero-order valence-corrected chi connectivity index (χ0v) is 11.6. The maximum Gasteiger partial charge on any atom is 0.0247 e. The summed E-state index contributed by atoms with van der Waals surface area (Å²) in [5.74, 6) is 0.895. The Kier molecular flexibility index (Phi) is 5.77. The Labute approximate surface area is 102 Å². The molecule has 4 unspecified atom stereocenters. The van der Waals surface area contributed by atoms with Crippen molar-refractivity contribution in [3.8, 4) is 0 Å². The molecule has 0 aromatic rings. The quantitative estimate of drug-likeness (QED) is 0.781. The summed E-state index contributed by atoms with van der Waals surface area (Å²) >= 11 is 0. The monoisotopic (exact) mass is 226 g/mol. The van der Waals surface area contributed by atoms with Gasteiger partial charge in [-0.3, -0.25) is 4.90 Å². The Morgan fingerprint density at radius 3 is 2.50 bits per heavy atom. The fourth-order valence-corrected chi connectivity index (χ4v) is 3.23. The number of likely N-dealkylation sites (tertiary alicyclic amines) is 1. The molecule has 0 saturated carbocycles. The Hall–Kier alpha value is -0.0800. The molecule has 2 nitrogen and oxygen atoms in total. The summed E-state index contributed by atoms with van der Waals surface area (Å²) in [4.78, 5) is 2.67. The molecule has 2 heteroatoms. The van der Waals surface area contributed by atoms with E-state index in [1.807, 2.05) is 0 Å². The van der Waals surface area contributed by atoms with Gasteiger partial charge in [-0.2, -0.15) is 0 Å². The van der Waals surface area contributed by atoms with Crippen molar-refractivity contribution in [3.63, 3.8) is 0 Å². The van der Waals surface area contributed by atoms with E-state index in [2.05, 4.69) is 32.6 Å². The zero-order chi connectivity index (χ0) is 12.1. The lowest BCUT2D eigenvalue weighted by molar-refractivity contribution is 0.0647. The van der Waals surface area contributed by atoms with Gasteiger partial charge in [0.25, 0.3) is 0 Å². The van der Waals surface area contributed by atoms with Crippen molar-refractivity contribution >= 4 is 0 Å². The Balaban J connectivity index is 2.57. The number of hydrogen-bond donors (Lipinski definition) is 1. The van der Waals surface area contributed by atoms with Crippen molar-refractivity contribution in [2.45, 2.75) is 77.9 Å². The lowest BCUT2D eigenvalue weighted by Crippen LogP contribution is -2.53. The first-order valence-corrected chi connectivity index (χ1v) is 7.11. The van der Waals surface area contributed by atoms with Gasteiger partial charge < -0.3 is 5.73 Å². The summed E-state index contributed by atoms with van der Waals surface area (Å²) in [5, 5.41) is 0. The van der Waals surface area contributed by atoms with Crippen LogP contribution < -0.4 is 5.73 Å². The molecule has 1 aliphatic rings. The van der Waals surface area contributed by atoms with Gasteiger partial charge in [-0.1, -0.05) is 27.2 Å². The molecule has 0 radical (unpaired) electrons. The molecule has 16 heavy (non-hydrogen) atoms. The summed E-state index contributed by atoms with van der Waals surface area (Å²) in [6.07, 6.45) is 6.25. The van der Waals surface area contributed by atoms with Gasteiger partial charge in [-0.15, -0.1) is 0 Å². The molecular formula is C14H30N2. The van der Waals surface area contributed by atoms with Gasteiger partial charge in [-0.25, -0.2) is 0 Å². The minimum atomic E-state index is 0.367. The van der Waals surface area contributed by atoms with Gasteiger partial charge in [0.2, 0.25) is 0 Å². The first-order valence-electron chi connectivity index (χ1n) is 7.11. The molecule has 1 rings (SSSR count). The third kappa shape index (κ3) is 3.46. The minimum Gasteiger partial charge on any atom is -0.326 e. The minimum absolute atomic E-state index is 0.367. The number of hydrogen-bond acceptors (Lipinski definition) is 2. The zero-order valence-electron chi connectivity index (χ0n) is 11.6. The number of piperidine rings is 1. The Morgan fingerprint density at radius 1 is 1.31 bits per heavy atom. The van der Waals surface area contributed by atoms with E-state index >= 15 is 0 Å². The van der Waals surface area contributed by atoms with Crippen molar-refractivity contribution in [3.05, 3.63) is 0 Å². The molecule has 1 aliphatic heterocycles. The fourth-order valence-electron chi connectivity index (χ4n) is 3.23. The highest BCUT2D eigenvalue weighted by atomic mass is 15.2. The van der Waals surface area contributed by atoms with Gasteiger partial charge in [0.05, 0.1) is 0 Å². The molecule has 0 amide bonds. The molecule has 2 N–H and O–H groups in total. The molecule has 4 atom stereocenters. The molecule has 96 valence electrons. The van der Waals surface area contributed by atoms with Crippen LogP contribution in [0.2, 0.25) is 0 Å².